The van der Waals surface area contributed by atoms with Crippen LogP contribution in [0.2, 0.25) is 0 Å². The maximum atomic E-state index is 14.1. The first-order valence-corrected chi connectivity index (χ1v) is 8.81. The van der Waals surface area contributed by atoms with Gasteiger partial charge in [-0.15, -0.1) is 0 Å². The van der Waals surface area contributed by atoms with Crippen LogP contribution in [0.1, 0.15) is 11.1 Å². The van der Waals surface area contributed by atoms with Crippen molar-refractivity contribution in [2.45, 2.75) is 6.54 Å². The Morgan fingerprint density at radius 3 is 2.70 bits per heavy atom. The van der Waals surface area contributed by atoms with E-state index >= 15 is 0 Å². The van der Waals surface area contributed by atoms with E-state index in [9.17, 15) is 13.6 Å². The summed E-state index contributed by atoms with van der Waals surface area (Å²) in [7, 11) is 0. The second-order valence-electron chi connectivity index (χ2n) is 6.55. The second-order valence-corrected chi connectivity index (χ2v) is 6.55. The van der Waals surface area contributed by atoms with Crippen LogP contribution < -0.4 is 5.69 Å². The minimum Gasteiger partial charge on any atom is -0.303 e. The van der Waals surface area contributed by atoms with Crippen LogP contribution in [0.4, 0.5) is 8.78 Å². The number of nitriles is 1. The molecule has 3 aromatic heterocycles. The van der Waals surface area contributed by atoms with Crippen molar-refractivity contribution in [1.29, 1.82) is 5.26 Å². The Hall–Kier alpha value is -4.39. The van der Waals surface area contributed by atoms with Gasteiger partial charge in [0.2, 0.25) is 5.95 Å². The van der Waals surface area contributed by atoms with Crippen LogP contribution in [0.3, 0.4) is 0 Å². The highest BCUT2D eigenvalue weighted by atomic mass is 19.1. The third-order valence-corrected chi connectivity index (χ3v) is 4.77. The molecule has 0 aliphatic rings. The quantitative estimate of drug-likeness (QED) is 0.499. The van der Waals surface area contributed by atoms with E-state index in [0.29, 0.717) is 22.1 Å². The summed E-state index contributed by atoms with van der Waals surface area (Å²) in [6.45, 7) is -0.329. The molecule has 146 valence electrons. The van der Waals surface area contributed by atoms with Crippen LogP contribution in [0.25, 0.3) is 28.1 Å². The summed E-state index contributed by atoms with van der Waals surface area (Å²) < 4.78 is 30.9. The largest absolute Gasteiger partial charge is 0.328 e. The number of halogens is 2. The van der Waals surface area contributed by atoms with Crippen molar-refractivity contribution in [3.63, 3.8) is 0 Å². The van der Waals surface area contributed by atoms with Crippen LogP contribution >= 0.6 is 0 Å². The molecule has 0 atom stereocenters. The van der Waals surface area contributed by atoms with Gasteiger partial charge in [-0.05, 0) is 30.3 Å². The number of hydrogen-bond acceptors (Lipinski definition) is 5. The fraction of sp³-hybridized carbons (Fsp3) is 0.0500. The third-order valence-electron chi connectivity index (χ3n) is 4.77. The molecule has 5 aromatic rings. The molecule has 0 aliphatic carbocycles. The van der Waals surface area contributed by atoms with Crippen molar-refractivity contribution in [3.05, 3.63) is 82.2 Å². The van der Waals surface area contributed by atoms with E-state index in [4.69, 9.17) is 5.26 Å². The highest BCUT2D eigenvalue weighted by Gasteiger charge is 2.16. The lowest BCUT2D eigenvalue weighted by Gasteiger charge is -2.07. The number of fused-ring (bicyclic) bond motifs is 2. The van der Waals surface area contributed by atoms with Crippen molar-refractivity contribution in [2.75, 3.05) is 0 Å². The molecule has 3 heterocycles. The third kappa shape index (κ3) is 2.72. The lowest BCUT2D eigenvalue weighted by Crippen LogP contribution is -2.19. The summed E-state index contributed by atoms with van der Waals surface area (Å²) >= 11 is 0. The monoisotopic (exact) mass is 403 g/mol. The smallest absolute Gasteiger partial charge is 0.303 e. The summed E-state index contributed by atoms with van der Waals surface area (Å²) in [5, 5.41) is 9.03. The highest BCUT2D eigenvalue weighted by Crippen LogP contribution is 2.19. The number of hydrogen-bond donors (Lipinski definition) is 1. The topological polar surface area (TPSA) is 105 Å². The molecule has 10 heteroatoms. The van der Waals surface area contributed by atoms with Crippen molar-refractivity contribution in [1.82, 2.24) is 29.1 Å². The van der Waals surface area contributed by atoms with Gasteiger partial charge in [-0.25, -0.2) is 23.5 Å². The molecule has 0 aliphatic heterocycles. The fourth-order valence-corrected chi connectivity index (χ4v) is 3.28. The van der Waals surface area contributed by atoms with Gasteiger partial charge in [0.15, 0.2) is 5.65 Å². The van der Waals surface area contributed by atoms with Crippen molar-refractivity contribution in [3.8, 4) is 12.0 Å². The van der Waals surface area contributed by atoms with E-state index < -0.39 is 17.3 Å². The predicted molar refractivity (Wildman–Crippen MR) is 103 cm³/mol. The molecule has 30 heavy (non-hydrogen) atoms. The van der Waals surface area contributed by atoms with Gasteiger partial charge in [0.05, 0.1) is 35.4 Å². The van der Waals surface area contributed by atoms with Gasteiger partial charge in [-0.1, -0.05) is 6.07 Å². The normalized spacial score (nSPS) is 11.2. The van der Waals surface area contributed by atoms with Crippen LogP contribution in [0.15, 0.2) is 53.7 Å². The number of aromatic nitrogens is 6. The molecule has 5 rings (SSSR count). The van der Waals surface area contributed by atoms with E-state index in [1.807, 2.05) is 0 Å². The molecular weight excluding hydrogens is 392 g/mol. The first-order valence-electron chi connectivity index (χ1n) is 8.81. The zero-order valence-electron chi connectivity index (χ0n) is 15.2. The van der Waals surface area contributed by atoms with E-state index in [-0.39, 0.29) is 23.7 Å². The van der Waals surface area contributed by atoms with Gasteiger partial charge in [0.1, 0.15) is 23.5 Å². The summed E-state index contributed by atoms with van der Waals surface area (Å²) in [6, 6.07) is 10.6. The molecule has 0 bridgehead atoms. The van der Waals surface area contributed by atoms with Gasteiger partial charge in [-0.3, -0.25) is 9.13 Å². The van der Waals surface area contributed by atoms with E-state index in [1.165, 1.54) is 18.6 Å². The van der Waals surface area contributed by atoms with Crippen LogP contribution in [-0.2, 0) is 6.54 Å². The Balaban J connectivity index is 1.66. The molecule has 8 nitrogen and oxygen atoms in total. The van der Waals surface area contributed by atoms with E-state index in [2.05, 4.69) is 26.0 Å². The first-order chi connectivity index (χ1) is 14.5. The number of rotatable bonds is 3. The predicted octanol–water partition coefficient (Wildman–Crippen LogP) is 2.66. The molecule has 0 saturated heterocycles. The summed E-state index contributed by atoms with van der Waals surface area (Å²) in [4.78, 5) is 27.9. The van der Waals surface area contributed by atoms with Crippen LogP contribution in [0.5, 0.6) is 0 Å². The minimum absolute atomic E-state index is 0.197. The summed E-state index contributed by atoms with van der Waals surface area (Å²) in [5.74, 6) is -1.28. The highest BCUT2D eigenvalue weighted by molar-refractivity contribution is 5.79. The Morgan fingerprint density at radius 1 is 1.13 bits per heavy atom. The maximum absolute atomic E-state index is 14.1. The molecule has 0 saturated carbocycles. The molecule has 1 N–H and O–H groups in total. The SMILES string of the molecule is N#Cc1ccc2c(c1)ncn2-c1ncc2[nH]c(=O)n(Cc3c(F)cccc3F)c2n1. The van der Waals surface area contributed by atoms with Crippen molar-refractivity contribution < 1.29 is 8.78 Å². The Morgan fingerprint density at radius 2 is 1.93 bits per heavy atom. The lowest BCUT2D eigenvalue weighted by atomic mass is 10.2. The average Bonchev–Trinajstić information content (AvgIpc) is 3.30. The number of H-pyrrole nitrogens is 1. The standard InChI is InChI=1S/C20H11F2N7O/c21-13-2-1-3-14(22)12(13)9-28-18-16(26-20(28)30)8-24-19(27-18)29-10-25-15-6-11(7-23)4-5-17(15)29/h1-6,8,10H,9H2,(H,26,30). The average molecular weight is 403 g/mol. The molecule has 0 fully saturated rings. The first kappa shape index (κ1) is 17.7. The number of imidazole rings is 2. The Labute approximate surface area is 166 Å². The fourth-order valence-electron chi connectivity index (χ4n) is 3.28. The van der Waals surface area contributed by atoms with Gasteiger partial charge in [0, 0.05) is 5.56 Å². The zero-order chi connectivity index (χ0) is 20.8. The number of nitrogens with zero attached hydrogens (tertiary/aromatic N) is 6. The van der Waals surface area contributed by atoms with Gasteiger partial charge in [-0.2, -0.15) is 10.2 Å². The lowest BCUT2D eigenvalue weighted by molar-refractivity contribution is 0.544. The number of benzene rings is 2. The number of nitrogens with one attached hydrogen (secondary N) is 1. The minimum atomic E-state index is -0.751. The van der Waals surface area contributed by atoms with Crippen molar-refractivity contribution >= 4 is 22.2 Å². The zero-order valence-corrected chi connectivity index (χ0v) is 15.2. The molecule has 2 aromatic carbocycles. The molecular formula is C20H11F2N7O. The summed E-state index contributed by atoms with van der Waals surface area (Å²) in [6.07, 6.45) is 2.92. The van der Waals surface area contributed by atoms with Gasteiger partial charge < -0.3 is 4.98 Å². The Kier molecular flexibility index (Phi) is 3.89. The van der Waals surface area contributed by atoms with E-state index in [1.54, 1.807) is 22.8 Å². The van der Waals surface area contributed by atoms with Crippen LogP contribution in [0, 0.1) is 23.0 Å². The molecule has 0 radical (unpaired) electrons. The number of aromatic amines is 1. The van der Waals surface area contributed by atoms with Crippen molar-refractivity contribution in [2.24, 2.45) is 0 Å². The second kappa shape index (κ2) is 6.59. The summed E-state index contributed by atoms with van der Waals surface area (Å²) in [5.41, 5.74) is 1.44. The van der Waals surface area contributed by atoms with E-state index in [0.717, 1.165) is 16.7 Å². The Bertz CT molecular complexity index is 1520. The molecule has 0 unspecified atom stereocenters. The molecule has 0 spiro atoms. The molecule has 0 amide bonds. The maximum Gasteiger partial charge on any atom is 0.328 e. The van der Waals surface area contributed by atoms with Gasteiger partial charge >= 0.3 is 5.69 Å². The van der Waals surface area contributed by atoms with Crippen LogP contribution in [-0.4, -0.2) is 29.1 Å². The van der Waals surface area contributed by atoms with Gasteiger partial charge in [0.25, 0.3) is 0 Å².